The Kier molecular flexibility index (Phi) is 4.67. The first-order valence-electron chi connectivity index (χ1n) is 5.45. The van der Waals surface area contributed by atoms with Crippen molar-refractivity contribution in [2.45, 2.75) is 26.1 Å². The summed E-state index contributed by atoms with van der Waals surface area (Å²) in [5.41, 5.74) is 5.50. The lowest BCUT2D eigenvalue weighted by molar-refractivity contribution is -0.126. The van der Waals surface area contributed by atoms with Gasteiger partial charge in [0, 0.05) is 0 Å². The molecule has 0 aliphatic carbocycles. The van der Waals surface area contributed by atoms with Crippen LogP contribution in [0.4, 0.5) is 4.79 Å². The van der Waals surface area contributed by atoms with Crippen LogP contribution in [0.5, 0.6) is 5.75 Å². The molecule has 0 aliphatic heterocycles. The molecule has 0 saturated heterocycles. The number of imide groups is 1. The highest BCUT2D eigenvalue weighted by molar-refractivity contribution is 5.95. The van der Waals surface area contributed by atoms with Crippen LogP contribution >= 0.6 is 0 Å². The summed E-state index contributed by atoms with van der Waals surface area (Å²) in [5, 5.41) is 11.3. The molecular weight excluding hydrogens is 236 g/mol. The second-order valence-corrected chi connectivity index (χ2v) is 3.86. The Labute approximate surface area is 105 Å². The quantitative estimate of drug-likeness (QED) is 0.734. The van der Waals surface area contributed by atoms with E-state index < -0.39 is 24.1 Å². The summed E-state index contributed by atoms with van der Waals surface area (Å²) in [6, 6.07) is 5.80. The lowest BCUT2D eigenvalue weighted by atomic mass is 10.1. The van der Waals surface area contributed by atoms with Crippen molar-refractivity contribution in [1.29, 1.82) is 0 Å². The summed E-state index contributed by atoms with van der Waals surface area (Å²) in [7, 11) is 0. The van der Waals surface area contributed by atoms with Crippen LogP contribution in [0.1, 0.15) is 25.5 Å². The molecular formula is C12H16N2O4. The predicted octanol–water partition coefficient (Wildman–Crippen LogP) is 0.702. The van der Waals surface area contributed by atoms with Crippen molar-refractivity contribution in [3.05, 3.63) is 29.8 Å². The second-order valence-electron chi connectivity index (χ2n) is 3.86. The molecule has 6 heteroatoms. The van der Waals surface area contributed by atoms with Crippen molar-refractivity contribution in [3.63, 3.8) is 0 Å². The van der Waals surface area contributed by atoms with E-state index >= 15 is 0 Å². The first kappa shape index (κ1) is 14.0. The van der Waals surface area contributed by atoms with Gasteiger partial charge in [0.2, 0.25) is 0 Å². The van der Waals surface area contributed by atoms with E-state index in [1.165, 1.54) is 6.92 Å². The van der Waals surface area contributed by atoms with Crippen LogP contribution in [0.25, 0.3) is 0 Å². The van der Waals surface area contributed by atoms with Crippen molar-refractivity contribution in [3.8, 4) is 5.75 Å². The lowest BCUT2D eigenvalue weighted by Gasteiger charge is -2.14. The molecule has 0 fully saturated rings. The molecule has 98 valence electrons. The molecule has 0 bridgehead atoms. The maximum absolute atomic E-state index is 11.4. The van der Waals surface area contributed by atoms with E-state index in [9.17, 15) is 14.7 Å². The largest absolute Gasteiger partial charge is 0.481 e. The summed E-state index contributed by atoms with van der Waals surface area (Å²) in [5.74, 6) is -0.189. The van der Waals surface area contributed by atoms with Gasteiger partial charge in [-0.15, -0.1) is 0 Å². The lowest BCUT2D eigenvalue weighted by Crippen LogP contribution is -2.42. The SMILES string of the molecule is CC(Oc1cccc([C@@H](C)O)c1)C(=O)NC(N)=O. The van der Waals surface area contributed by atoms with Gasteiger partial charge in [0.05, 0.1) is 6.10 Å². The molecule has 0 spiro atoms. The van der Waals surface area contributed by atoms with Gasteiger partial charge < -0.3 is 15.6 Å². The third-order valence-electron chi connectivity index (χ3n) is 2.27. The van der Waals surface area contributed by atoms with Crippen LogP contribution in [-0.2, 0) is 4.79 Å². The highest BCUT2D eigenvalue weighted by Crippen LogP contribution is 2.19. The molecule has 0 aromatic heterocycles. The number of urea groups is 1. The Morgan fingerprint density at radius 2 is 2.06 bits per heavy atom. The van der Waals surface area contributed by atoms with E-state index in [0.717, 1.165) is 0 Å². The van der Waals surface area contributed by atoms with E-state index in [-0.39, 0.29) is 0 Å². The van der Waals surface area contributed by atoms with E-state index in [4.69, 9.17) is 10.5 Å². The minimum atomic E-state index is -0.923. The van der Waals surface area contributed by atoms with Crippen molar-refractivity contribution >= 4 is 11.9 Å². The Morgan fingerprint density at radius 1 is 1.39 bits per heavy atom. The van der Waals surface area contributed by atoms with Crippen LogP contribution in [0.15, 0.2) is 24.3 Å². The summed E-state index contributed by atoms with van der Waals surface area (Å²) in [6.45, 7) is 3.12. The minimum Gasteiger partial charge on any atom is -0.481 e. The third-order valence-corrected chi connectivity index (χ3v) is 2.27. The summed E-state index contributed by atoms with van der Waals surface area (Å²) in [4.78, 5) is 21.9. The molecule has 0 saturated carbocycles. The van der Waals surface area contributed by atoms with Crippen LogP contribution in [0, 0.1) is 0 Å². The molecule has 18 heavy (non-hydrogen) atoms. The zero-order valence-corrected chi connectivity index (χ0v) is 10.2. The first-order chi connectivity index (χ1) is 8.40. The van der Waals surface area contributed by atoms with Gasteiger partial charge in [-0.2, -0.15) is 0 Å². The van der Waals surface area contributed by atoms with Crippen LogP contribution in [0.3, 0.4) is 0 Å². The number of carbonyl (C=O) groups is 2. The van der Waals surface area contributed by atoms with Crippen molar-refractivity contribution in [1.82, 2.24) is 5.32 Å². The third kappa shape index (κ3) is 4.06. The average Bonchev–Trinajstić information content (AvgIpc) is 2.28. The summed E-state index contributed by atoms with van der Waals surface area (Å²) < 4.78 is 5.34. The number of hydrogen-bond donors (Lipinski definition) is 3. The predicted molar refractivity (Wildman–Crippen MR) is 64.9 cm³/mol. The van der Waals surface area contributed by atoms with Crippen molar-refractivity contribution in [2.75, 3.05) is 0 Å². The highest BCUT2D eigenvalue weighted by atomic mass is 16.5. The van der Waals surface area contributed by atoms with E-state index in [1.807, 2.05) is 5.32 Å². The smallest absolute Gasteiger partial charge is 0.318 e. The van der Waals surface area contributed by atoms with Crippen LogP contribution < -0.4 is 15.8 Å². The van der Waals surface area contributed by atoms with E-state index in [2.05, 4.69) is 0 Å². The fourth-order valence-electron chi connectivity index (χ4n) is 1.33. The van der Waals surface area contributed by atoms with Gasteiger partial charge in [0.25, 0.3) is 5.91 Å². The number of aliphatic hydroxyl groups excluding tert-OH is 1. The number of rotatable bonds is 4. The molecule has 0 heterocycles. The standard InChI is InChI=1S/C12H16N2O4/c1-7(15)9-4-3-5-10(6-9)18-8(2)11(16)14-12(13)17/h3-8,15H,1-2H3,(H3,13,14,16,17)/t7-,8?/m1/s1. The molecule has 1 aromatic rings. The number of carbonyl (C=O) groups excluding carboxylic acids is 2. The Bertz CT molecular complexity index is 445. The highest BCUT2D eigenvalue weighted by Gasteiger charge is 2.16. The topological polar surface area (TPSA) is 102 Å². The monoisotopic (exact) mass is 252 g/mol. The Balaban J connectivity index is 2.69. The Morgan fingerprint density at radius 3 is 2.61 bits per heavy atom. The number of nitrogens with one attached hydrogen (secondary N) is 1. The number of benzene rings is 1. The number of nitrogens with two attached hydrogens (primary N) is 1. The van der Waals surface area contributed by atoms with E-state index in [0.29, 0.717) is 11.3 Å². The molecule has 0 aliphatic rings. The fourth-order valence-corrected chi connectivity index (χ4v) is 1.33. The van der Waals surface area contributed by atoms with Gasteiger partial charge in [-0.3, -0.25) is 10.1 Å². The van der Waals surface area contributed by atoms with Gasteiger partial charge in [-0.1, -0.05) is 12.1 Å². The van der Waals surface area contributed by atoms with Gasteiger partial charge in [0.1, 0.15) is 5.75 Å². The summed E-state index contributed by atoms with van der Waals surface area (Å²) >= 11 is 0. The molecule has 6 nitrogen and oxygen atoms in total. The zero-order chi connectivity index (χ0) is 13.7. The molecule has 1 aromatic carbocycles. The molecule has 2 atom stereocenters. The van der Waals surface area contributed by atoms with Gasteiger partial charge in [-0.05, 0) is 31.5 Å². The maximum Gasteiger partial charge on any atom is 0.318 e. The number of ether oxygens (including phenoxy) is 1. The molecule has 3 amide bonds. The second kappa shape index (κ2) is 6.02. The maximum atomic E-state index is 11.4. The number of hydrogen-bond acceptors (Lipinski definition) is 4. The molecule has 4 N–H and O–H groups in total. The van der Waals surface area contributed by atoms with Gasteiger partial charge in [-0.25, -0.2) is 4.79 Å². The minimum absolute atomic E-state index is 0.431. The Hall–Kier alpha value is -2.08. The molecule has 1 rings (SSSR count). The normalized spacial score (nSPS) is 13.5. The molecule has 1 unspecified atom stereocenters. The van der Waals surface area contributed by atoms with Crippen LogP contribution in [0.2, 0.25) is 0 Å². The zero-order valence-electron chi connectivity index (χ0n) is 10.2. The van der Waals surface area contributed by atoms with Gasteiger partial charge in [0.15, 0.2) is 6.10 Å². The fraction of sp³-hybridized carbons (Fsp3) is 0.333. The van der Waals surface area contributed by atoms with E-state index in [1.54, 1.807) is 31.2 Å². The number of aliphatic hydroxyl groups is 1. The number of amides is 3. The first-order valence-corrected chi connectivity index (χ1v) is 5.45. The average molecular weight is 252 g/mol. The van der Waals surface area contributed by atoms with Crippen molar-refractivity contribution < 1.29 is 19.4 Å². The molecule has 0 radical (unpaired) electrons. The summed E-state index contributed by atoms with van der Waals surface area (Å²) in [6.07, 6.45) is -1.48. The van der Waals surface area contributed by atoms with Crippen molar-refractivity contribution in [2.24, 2.45) is 5.73 Å². The van der Waals surface area contributed by atoms with Gasteiger partial charge >= 0.3 is 6.03 Å². The number of primary amides is 1. The van der Waals surface area contributed by atoms with Crippen LogP contribution in [-0.4, -0.2) is 23.1 Å².